The summed E-state index contributed by atoms with van der Waals surface area (Å²) in [5, 5.41) is 0. The van der Waals surface area contributed by atoms with Crippen LogP contribution in [0.1, 0.15) is 16.7 Å². The highest BCUT2D eigenvalue weighted by molar-refractivity contribution is 5.69. The van der Waals surface area contributed by atoms with Gasteiger partial charge in [-0.2, -0.15) is 26.3 Å². The zero-order valence-electron chi connectivity index (χ0n) is 10.8. The van der Waals surface area contributed by atoms with E-state index in [0.717, 1.165) is 24.3 Å². The van der Waals surface area contributed by atoms with Crippen molar-refractivity contribution in [2.45, 2.75) is 19.3 Å². The van der Waals surface area contributed by atoms with Crippen molar-refractivity contribution in [2.24, 2.45) is 0 Å². The van der Waals surface area contributed by atoms with Crippen LogP contribution in [0.2, 0.25) is 0 Å². The minimum atomic E-state index is -4.63. The molecular formula is C15H10F6. The van der Waals surface area contributed by atoms with Crippen molar-refractivity contribution >= 4 is 0 Å². The van der Waals surface area contributed by atoms with Gasteiger partial charge in [-0.1, -0.05) is 29.8 Å². The monoisotopic (exact) mass is 304 g/mol. The number of hydrogen-bond acceptors (Lipinski definition) is 0. The van der Waals surface area contributed by atoms with Crippen LogP contribution in [0, 0.1) is 6.92 Å². The van der Waals surface area contributed by atoms with Crippen molar-refractivity contribution in [3.8, 4) is 11.1 Å². The summed E-state index contributed by atoms with van der Waals surface area (Å²) in [7, 11) is 0. The first-order valence-corrected chi connectivity index (χ1v) is 5.94. The first kappa shape index (κ1) is 15.4. The molecule has 0 unspecified atom stereocenters. The third-order valence-electron chi connectivity index (χ3n) is 2.98. The van der Waals surface area contributed by atoms with Gasteiger partial charge in [0.05, 0.1) is 11.1 Å². The Bertz CT molecular complexity index is 652. The van der Waals surface area contributed by atoms with Gasteiger partial charge in [0.15, 0.2) is 0 Å². The van der Waals surface area contributed by atoms with Crippen LogP contribution in [0.15, 0.2) is 42.5 Å². The molecule has 0 saturated heterocycles. The highest BCUT2D eigenvalue weighted by atomic mass is 19.4. The van der Waals surface area contributed by atoms with E-state index in [4.69, 9.17) is 0 Å². The van der Waals surface area contributed by atoms with Crippen molar-refractivity contribution in [1.29, 1.82) is 0 Å². The molecule has 0 bridgehead atoms. The van der Waals surface area contributed by atoms with Crippen molar-refractivity contribution in [3.05, 3.63) is 59.2 Å². The Morgan fingerprint density at radius 1 is 0.762 bits per heavy atom. The van der Waals surface area contributed by atoms with Crippen molar-refractivity contribution in [1.82, 2.24) is 0 Å². The molecule has 2 rings (SSSR count). The highest BCUT2D eigenvalue weighted by Crippen LogP contribution is 2.39. The van der Waals surface area contributed by atoms with E-state index in [2.05, 4.69) is 0 Å². The molecule has 6 heteroatoms. The van der Waals surface area contributed by atoms with Crippen LogP contribution >= 0.6 is 0 Å². The maximum absolute atomic E-state index is 13.0. The summed E-state index contributed by atoms with van der Waals surface area (Å²) >= 11 is 0. The summed E-state index contributed by atoms with van der Waals surface area (Å²) in [4.78, 5) is 0. The molecule has 0 saturated carbocycles. The quantitative estimate of drug-likeness (QED) is 0.593. The third kappa shape index (κ3) is 3.37. The fourth-order valence-electron chi connectivity index (χ4n) is 2.01. The van der Waals surface area contributed by atoms with Gasteiger partial charge >= 0.3 is 12.4 Å². The second-order valence-electron chi connectivity index (χ2n) is 4.63. The Labute approximate surface area is 117 Å². The zero-order valence-corrected chi connectivity index (χ0v) is 10.8. The summed E-state index contributed by atoms with van der Waals surface area (Å²) in [5.41, 5.74) is -1.76. The lowest BCUT2D eigenvalue weighted by Gasteiger charge is -2.15. The van der Waals surface area contributed by atoms with Gasteiger partial charge in [-0.3, -0.25) is 0 Å². The van der Waals surface area contributed by atoms with Gasteiger partial charge in [0.2, 0.25) is 0 Å². The van der Waals surface area contributed by atoms with E-state index in [-0.39, 0.29) is 11.1 Å². The maximum atomic E-state index is 13.0. The molecule has 0 aliphatic rings. The van der Waals surface area contributed by atoms with Crippen LogP contribution in [-0.4, -0.2) is 0 Å². The summed E-state index contributed by atoms with van der Waals surface area (Å²) in [6.07, 6.45) is -9.23. The van der Waals surface area contributed by atoms with Crippen molar-refractivity contribution in [3.63, 3.8) is 0 Å². The molecule has 2 aromatic carbocycles. The number of halogens is 6. The van der Waals surface area contributed by atoms with Gasteiger partial charge in [0.1, 0.15) is 0 Å². The van der Waals surface area contributed by atoms with E-state index in [1.165, 1.54) is 18.2 Å². The first-order valence-electron chi connectivity index (χ1n) is 5.94. The predicted molar refractivity (Wildman–Crippen MR) is 66.6 cm³/mol. The summed E-state index contributed by atoms with van der Waals surface area (Å²) in [5.74, 6) is 0. The second kappa shape index (κ2) is 5.09. The average Bonchev–Trinajstić information content (AvgIpc) is 2.36. The van der Waals surface area contributed by atoms with Crippen LogP contribution in [-0.2, 0) is 12.4 Å². The van der Waals surface area contributed by atoms with Gasteiger partial charge in [-0.05, 0) is 36.2 Å². The lowest BCUT2D eigenvalue weighted by atomic mass is 9.96. The van der Waals surface area contributed by atoms with Gasteiger partial charge in [-0.15, -0.1) is 0 Å². The molecule has 0 aromatic heterocycles. The van der Waals surface area contributed by atoms with Crippen molar-refractivity contribution < 1.29 is 26.3 Å². The van der Waals surface area contributed by atoms with E-state index >= 15 is 0 Å². The van der Waals surface area contributed by atoms with Gasteiger partial charge in [-0.25, -0.2) is 0 Å². The third-order valence-corrected chi connectivity index (χ3v) is 2.98. The Kier molecular flexibility index (Phi) is 3.74. The molecule has 0 heterocycles. The zero-order chi connectivity index (χ0) is 15.8. The Morgan fingerprint density at radius 2 is 1.43 bits per heavy atom. The smallest absolute Gasteiger partial charge is 0.166 e. The molecule has 112 valence electrons. The minimum Gasteiger partial charge on any atom is -0.166 e. The van der Waals surface area contributed by atoms with Crippen LogP contribution in [0.4, 0.5) is 26.3 Å². The molecule has 0 nitrogen and oxygen atoms in total. The standard InChI is InChI=1S/C15H10F6/c1-9-5-6-13(15(19,20)21)12(7-9)10-3-2-4-11(8-10)14(16,17)18/h2-8H,1H3. The molecule has 21 heavy (non-hydrogen) atoms. The summed E-state index contributed by atoms with van der Waals surface area (Å²) < 4.78 is 77.0. The van der Waals surface area contributed by atoms with Crippen molar-refractivity contribution in [2.75, 3.05) is 0 Å². The Morgan fingerprint density at radius 3 is 2.00 bits per heavy atom. The van der Waals surface area contributed by atoms with Gasteiger partial charge in [0.25, 0.3) is 0 Å². The largest absolute Gasteiger partial charge is 0.417 e. The molecular weight excluding hydrogens is 294 g/mol. The topological polar surface area (TPSA) is 0 Å². The molecule has 0 atom stereocenters. The number of alkyl halides is 6. The van der Waals surface area contributed by atoms with Gasteiger partial charge in [0, 0.05) is 0 Å². The molecule has 0 aliphatic heterocycles. The fourth-order valence-corrected chi connectivity index (χ4v) is 2.01. The lowest BCUT2D eigenvalue weighted by molar-refractivity contribution is -0.137. The second-order valence-corrected chi connectivity index (χ2v) is 4.63. The number of rotatable bonds is 1. The van der Waals surface area contributed by atoms with Crippen LogP contribution < -0.4 is 0 Å². The van der Waals surface area contributed by atoms with E-state index in [1.54, 1.807) is 6.92 Å². The number of benzene rings is 2. The van der Waals surface area contributed by atoms with E-state index < -0.39 is 23.5 Å². The molecule has 0 N–H and O–H groups in total. The molecule has 0 fully saturated rings. The first-order chi connectivity index (χ1) is 9.59. The summed E-state index contributed by atoms with van der Waals surface area (Å²) in [6.45, 7) is 1.58. The van der Waals surface area contributed by atoms with E-state index in [0.29, 0.717) is 5.56 Å². The molecule has 0 aliphatic carbocycles. The maximum Gasteiger partial charge on any atom is 0.417 e. The van der Waals surface area contributed by atoms with E-state index in [1.807, 2.05) is 0 Å². The Balaban J connectivity index is 2.64. The Hall–Kier alpha value is -1.98. The van der Waals surface area contributed by atoms with Crippen LogP contribution in [0.5, 0.6) is 0 Å². The predicted octanol–water partition coefficient (Wildman–Crippen LogP) is 5.70. The van der Waals surface area contributed by atoms with E-state index in [9.17, 15) is 26.3 Å². The lowest BCUT2D eigenvalue weighted by Crippen LogP contribution is -2.08. The van der Waals surface area contributed by atoms with Gasteiger partial charge < -0.3 is 0 Å². The number of hydrogen-bond donors (Lipinski definition) is 0. The highest BCUT2D eigenvalue weighted by Gasteiger charge is 2.35. The van der Waals surface area contributed by atoms with Crippen LogP contribution in [0.25, 0.3) is 11.1 Å². The normalized spacial score (nSPS) is 12.5. The molecule has 0 amide bonds. The van der Waals surface area contributed by atoms with Crippen LogP contribution in [0.3, 0.4) is 0 Å². The minimum absolute atomic E-state index is 0.110. The SMILES string of the molecule is Cc1ccc(C(F)(F)F)c(-c2cccc(C(F)(F)F)c2)c1. The fraction of sp³-hybridized carbons (Fsp3) is 0.200. The number of aryl methyl sites for hydroxylation is 1. The molecule has 0 radical (unpaired) electrons. The molecule has 0 spiro atoms. The molecule has 2 aromatic rings. The average molecular weight is 304 g/mol. The summed E-state index contributed by atoms with van der Waals surface area (Å²) in [6, 6.07) is 7.28.